The van der Waals surface area contributed by atoms with E-state index in [2.05, 4.69) is 25.9 Å². The first-order valence-corrected chi connectivity index (χ1v) is 9.71. The van der Waals surface area contributed by atoms with Crippen LogP contribution in [0.15, 0.2) is 60.8 Å². The van der Waals surface area contributed by atoms with Gasteiger partial charge in [-0.05, 0) is 36.6 Å². The third-order valence-electron chi connectivity index (χ3n) is 4.69. The second-order valence-corrected chi connectivity index (χ2v) is 7.13. The van der Waals surface area contributed by atoms with Gasteiger partial charge in [-0.2, -0.15) is 4.98 Å². The summed E-state index contributed by atoms with van der Waals surface area (Å²) >= 11 is 0. The Bertz CT molecular complexity index is 1070. The first-order valence-electron chi connectivity index (χ1n) is 9.71. The van der Waals surface area contributed by atoms with Crippen LogP contribution in [0.25, 0.3) is 0 Å². The van der Waals surface area contributed by atoms with Crippen LogP contribution in [0.3, 0.4) is 0 Å². The lowest BCUT2D eigenvalue weighted by atomic mass is 10.2. The number of primary amides is 1. The second-order valence-electron chi connectivity index (χ2n) is 7.13. The Morgan fingerprint density at radius 3 is 2.53 bits per heavy atom. The number of aromatic nitrogens is 2. The summed E-state index contributed by atoms with van der Waals surface area (Å²) in [4.78, 5) is 32.3. The average molecular weight is 402 g/mol. The number of hydrogen-bond acceptors (Lipinski definition) is 6. The monoisotopic (exact) mass is 402 g/mol. The van der Waals surface area contributed by atoms with Crippen molar-refractivity contribution >= 4 is 35.0 Å². The summed E-state index contributed by atoms with van der Waals surface area (Å²) in [6.07, 6.45) is 3.29. The minimum Gasteiger partial charge on any atom is -0.365 e. The zero-order chi connectivity index (χ0) is 20.9. The number of hydrogen-bond donors (Lipinski definition) is 4. The molecule has 2 amide bonds. The minimum atomic E-state index is -0.609. The van der Waals surface area contributed by atoms with E-state index in [1.165, 1.54) is 6.20 Å². The molecule has 0 aliphatic heterocycles. The molecule has 1 aliphatic rings. The van der Waals surface area contributed by atoms with E-state index in [0.29, 0.717) is 29.7 Å². The summed E-state index contributed by atoms with van der Waals surface area (Å²) in [5.74, 6) is 0.219. The summed E-state index contributed by atoms with van der Waals surface area (Å²) in [5.41, 5.74) is 8.13. The van der Waals surface area contributed by atoms with E-state index < -0.39 is 5.91 Å². The van der Waals surface area contributed by atoms with Gasteiger partial charge in [0.25, 0.3) is 5.91 Å². The largest absolute Gasteiger partial charge is 0.365 e. The van der Waals surface area contributed by atoms with Crippen LogP contribution in [0.4, 0.5) is 23.1 Å². The molecule has 152 valence electrons. The average Bonchev–Trinajstić information content (AvgIpc) is 3.59. The van der Waals surface area contributed by atoms with Crippen molar-refractivity contribution in [2.24, 2.45) is 11.7 Å². The standard InChI is InChI=1S/C22H22N6O2/c23-19(29)18-13-25-22(28-20(18)24-12-14-5-2-1-3-6-14)27-17-8-4-7-16(11-17)26-21(30)15-9-10-15/h1-8,11,13,15H,9-10,12H2,(H2,23,29)(H,26,30)(H2,24,25,27,28). The predicted octanol–water partition coefficient (Wildman–Crippen LogP) is 3.28. The maximum atomic E-state index is 12.0. The number of rotatable bonds is 8. The Kier molecular flexibility index (Phi) is 5.56. The van der Waals surface area contributed by atoms with Crippen LogP contribution in [-0.4, -0.2) is 21.8 Å². The SMILES string of the molecule is NC(=O)c1cnc(Nc2cccc(NC(=O)C3CC3)c2)nc1NCc1ccccc1. The zero-order valence-electron chi connectivity index (χ0n) is 16.3. The van der Waals surface area contributed by atoms with E-state index in [0.717, 1.165) is 18.4 Å². The van der Waals surface area contributed by atoms with E-state index in [1.807, 2.05) is 54.6 Å². The number of carbonyl (C=O) groups is 2. The van der Waals surface area contributed by atoms with Gasteiger partial charge in [-0.1, -0.05) is 36.4 Å². The fourth-order valence-corrected chi connectivity index (χ4v) is 2.93. The van der Waals surface area contributed by atoms with Gasteiger partial charge in [0.2, 0.25) is 11.9 Å². The molecule has 0 spiro atoms. The van der Waals surface area contributed by atoms with E-state index in [4.69, 9.17) is 5.73 Å². The molecule has 8 nitrogen and oxygen atoms in total. The van der Waals surface area contributed by atoms with E-state index in [1.54, 1.807) is 0 Å². The minimum absolute atomic E-state index is 0.0432. The van der Waals surface area contributed by atoms with Crippen molar-refractivity contribution in [2.75, 3.05) is 16.0 Å². The van der Waals surface area contributed by atoms with Crippen LogP contribution < -0.4 is 21.7 Å². The van der Waals surface area contributed by atoms with E-state index >= 15 is 0 Å². The van der Waals surface area contributed by atoms with Crippen molar-refractivity contribution in [3.63, 3.8) is 0 Å². The van der Waals surface area contributed by atoms with E-state index in [9.17, 15) is 9.59 Å². The Labute approximate surface area is 173 Å². The summed E-state index contributed by atoms with van der Waals surface area (Å²) in [6, 6.07) is 17.1. The first kappa shape index (κ1) is 19.4. The fourth-order valence-electron chi connectivity index (χ4n) is 2.93. The maximum absolute atomic E-state index is 12.0. The van der Waals surface area contributed by atoms with Crippen LogP contribution in [0, 0.1) is 5.92 Å². The molecule has 0 radical (unpaired) electrons. The van der Waals surface area contributed by atoms with Gasteiger partial charge >= 0.3 is 0 Å². The number of benzene rings is 2. The quantitative estimate of drug-likeness (QED) is 0.459. The van der Waals surface area contributed by atoms with Crippen molar-refractivity contribution in [3.05, 3.63) is 71.9 Å². The summed E-state index contributed by atoms with van der Waals surface area (Å²) in [5, 5.41) is 9.16. The molecule has 3 aromatic rings. The van der Waals surface area contributed by atoms with Crippen molar-refractivity contribution < 1.29 is 9.59 Å². The second kappa shape index (κ2) is 8.60. The molecule has 1 heterocycles. The highest BCUT2D eigenvalue weighted by atomic mass is 16.2. The molecule has 1 saturated carbocycles. The van der Waals surface area contributed by atoms with E-state index in [-0.39, 0.29) is 17.4 Å². The lowest BCUT2D eigenvalue weighted by Crippen LogP contribution is -2.17. The van der Waals surface area contributed by atoms with Crippen molar-refractivity contribution in [2.45, 2.75) is 19.4 Å². The van der Waals surface area contributed by atoms with Crippen LogP contribution in [-0.2, 0) is 11.3 Å². The first-order chi connectivity index (χ1) is 14.6. The number of nitrogens with zero attached hydrogens (tertiary/aromatic N) is 2. The Hall–Kier alpha value is -3.94. The molecule has 5 N–H and O–H groups in total. The van der Waals surface area contributed by atoms with Gasteiger partial charge in [0.1, 0.15) is 5.82 Å². The van der Waals surface area contributed by atoms with Gasteiger partial charge in [0.05, 0.1) is 5.56 Å². The third kappa shape index (κ3) is 4.91. The third-order valence-corrected chi connectivity index (χ3v) is 4.69. The van der Waals surface area contributed by atoms with Crippen molar-refractivity contribution in [1.82, 2.24) is 9.97 Å². The van der Waals surface area contributed by atoms with Crippen LogP contribution >= 0.6 is 0 Å². The predicted molar refractivity (Wildman–Crippen MR) is 115 cm³/mol. The lowest BCUT2D eigenvalue weighted by molar-refractivity contribution is -0.117. The molecule has 1 aliphatic carbocycles. The molecule has 30 heavy (non-hydrogen) atoms. The number of amides is 2. The Morgan fingerprint density at radius 1 is 1.03 bits per heavy atom. The molecule has 0 bridgehead atoms. The highest BCUT2D eigenvalue weighted by Crippen LogP contribution is 2.30. The fraction of sp³-hybridized carbons (Fsp3) is 0.182. The highest BCUT2D eigenvalue weighted by molar-refractivity contribution is 5.97. The summed E-state index contributed by atoms with van der Waals surface area (Å²) in [6.45, 7) is 0.486. The van der Waals surface area contributed by atoms with Gasteiger partial charge in [-0.25, -0.2) is 4.98 Å². The van der Waals surface area contributed by atoms with Crippen molar-refractivity contribution in [3.8, 4) is 0 Å². The van der Waals surface area contributed by atoms with Crippen LogP contribution in [0.1, 0.15) is 28.8 Å². The Morgan fingerprint density at radius 2 is 1.80 bits per heavy atom. The molecule has 0 unspecified atom stereocenters. The van der Waals surface area contributed by atoms with Crippen molar-refractivity contribution in [1.29, 1.82) is 0 Å². The molecule has 8 heteroatoms. The molecular formula is C22H22N6O2. The van der Waals surface area contributed by atoms with Gasteiger partial charge < -0.3 is 21.7 Å². The molecule has 1 aromatic heterocycles. The number of nitrogens with two attached hydrogens (primary N) is 1. The zero-order valence-corrected chi connectivity index (χ0v) is 16.3. The maximum Gasteiger partial charge on any atom is 0.254 e. The molecule has 0 saturated heterocycles. The number of anilines is 4. The smallest absolute Gasteiger partial charge is 0.254 e. The summed E-state index contributed by atoms with van der Waals surface area (Å²) in [7, 11) is 0. The topological polar surface area (TPSA) is 122 Å². The number of carbonyl (C=O) groups excluding carboxylic acids is 2. The summed E-state index contributed by atoms with van der Waals surface area (Å²) < 4.78 is 0. The lowest BCUT2D eigenvalue weighted by Gasteiger charge is -2.12. The van der Waals surface area contributed by atoms with Gasteiger partial charge in [0, 0.05) is 30.0 Å². The molecule has 2 aromatic carbocycles. The molecule has 4 rings (SSSR count). The van der Waals surface area contributed by atoms with Crippen LogP contribution in [0.5, 0.6) is 0 Å². The molecular weight excluding hydrogens is 380 g/mol. The molecule has 0 atom stereocenters. The van der Waals surface area contributed by atoms with Crippen LogP contribution in [0.2, 0.25) is 0 Å². The normalized spacial score (nSPS) is 12.8. The van der Waals surface area contributed by atoms with Gasteiger partial charge in [-0.3, -0.25) is 9.59 Å². The van der Waals surface area contributed by atoms with Gasteiger partial charge in [0.15, 0.2) is 0 Å². The number of nitrogens with one attached hydrogen (secondary N) is 3. The molecule has 1 fully saturated rings. The Balaban J connectivity index is 1.49. The van der Waals surface area contributed by atoms with Gasteiger partial charge in [-0.15, -0.1) is 0 Å². The highest BCUT2D eigenvalue weighted by Gasteiger charge is 2.29.